The van der Waals surface area contributed by atoms with E-state index in [0.717, 1.165) is 61.8 Å². The van der Waals surface area contributed by atoms with Crippen molar-refractivity contribution >= 4 is 28.4 Å². The Labute approximate surface area is 231 Å². The number of hydrogen-bond acceptors (Lipinski definition) is 4. The zero-order valence-corrected chi connectivity index (χ0v) is 23.5. The number of amides is 1. The van der Waals surface area contributed by atoms with Gasteiger partial charge in [0.1, 0.15) is 5.75 Å². The zero-order chi connectivity index (χ0) is 26.5. The summed E-state index contributed by atoms with van der Waals surface area (Å²) < 4.78 is 14.3. The van der Waals surface area contributed by atoms with Crippen LogP contribution in [-0.4, -0.2) is 66.3 Å². The average Bonchev–Trinajstić information content (AvgIpc) is 3.27. The molecule has 7 heteroatoms. The summed E-state index contributed by atoms with van der Waals surface area (Å²) in [6, 6.07) is 14.5. The number of hydrogen-bond donors (Lipinski definition) is 0. The number of morpholine rings is 1. The van der Waals surface area contributed by atoms with Gasteiger partial charge < -0.3 is 18.9 Å². The van der Waals surface area contributed by atoms with Crippen molar-refractivity contribution in [3.05, 3.63) is 64.8 Å². The van der Waals surface area contributed by atoms with E-state index < -0.39 is 0 Å². The van der Waals surface area contributed by atoms with E-state index in [0.29, 0.717) is 39.3 Å². The minimum Gasteiger partial charge on any atom is -0.493 e. The fraction of sp³-hybridized carbons (Fsp3) is 0.516. The Balaban J connectivity index is 1.36. The number of aryl methyl sites for hydroxylation is 2. The Hall–Kier alpha value is -2.54. The van der Waals surface area contributed by atoms with Crippen LogP contribution in [0.5, 0.6) is 5.75 Å². The number of likely N-dealkylation sites (tertiary alicyclic amines) is 1. The Morgan fingerprint density at radius 1 is 1.13 bits per heavy atom. The molecular formula is C31H40ClN3O3. The van der Waals surface area contributed by atoms with Crippen molar-refractivity contribution in [2.24, 2.45) is 5.41 Å². The van der Waals surface area contributed by atoms with Crippen molar-refractivity contribution in [3.63, 3.8) is 0 Å². The molecule has 1 atom stereocenters. The van der Waals surface area contributed by atoms with Gasteiger partial charge in [0.15, 0.2) is 0 Å². The molecule has 6 nitrogen and oxygen atoms in total. The van der Waals surface area contributed by atoms with Crippen LogP contribution in [-0.2, 0) is 22.6 Å². The van der Waals surface area contributed by atoms with E-state index in [2.05, 4.69) is 46.9 Å². The Morgan fingerprint density at radius 2 is 1.95 bits per heavy atom. The van der Waals surface area contributed by atoms with Crippen LogP contribution in [0.2, 0.25) is 5.02 Å². The molecule has 0 bridgehead atoms. The number of halogens is 1. The minimum atomic E-state index is -0.247. The standard InChI is InChI=1S/C31H40ClN3O3/c1-3-12-35-21-25(27-7-4-5-8-29(27)35)20-33-13-6-11-31(22-33,19-30(36)34-14-16-37-17-15-34)23-38-26-9-10-28(32)24(2)18-26/h4-5,7-10,18,21H,3,6,11-17,19-20,22-23H2,1-2H3/t31-/m1/s1. The highest BCUT2D eigenvalue weighted by atomic mass is 35.5. The normalized spacial score (nSPS) is 20.7. The second-order valence-corrected chi connectivity index (χ2v) is 11.5. The van der Waals surface area contributed by atoms with Gasteiger partial charge in [-0.1, -0.05) is 36.7 Å². The lowest BCUT2D eigenvalue weighted by Gasteiger charge is -2.43. The fourth-order valence-electron chi connectivity index (χ4n) is 6.06. The molecule has 204 valence electrons. The van der Waals surface area contributed by atoms with Crippen LogP contribution < -0.4 is 4.74 Å². The van der Waals surface area contributed by atoms with Crippen LogP contribution in [0.4, 0.5) is 0 Å². The van der Waals surface area contributed by atoms with Crippen LogP contribution in [0.25, 0.3) is 10.9 Å². The number of rotatable bonds is 9. The van der Waals surface area contributed by atoms with Crippen molar-refractivity contribution in [2.75, 3.05) is 46.0 Å². The number of carbonyl (C=O) groups excluding carboxylic acids is 1. The quantitative estimate of drug-likeness (QED) is 0.340. The lowest BCUT2D eigenvalue weighted by Crippen LogP contribution is -2.50. The summed E-state index contributed by atoms with van der Waals surface area (Å²) in [4.78, 5) is 18.0. The van der Waals surface area contributed by atoms with E-state index in [1.54, 1.807) is 0 Å². The van der Waals surface area contributed by atoms with Crippen molar-refractivity contribution in [2.45, 2.75) is 52.6 Å². The van der Waals surface area contributed by atoms with E-state index in [1.807, 2.05) is 30.0 Å². The predicted molar refractivity (Wildman–Crippen MR) is 153 cm³/mol. The van der Waals surface area contributed by atoms with Gasteiger partial charge in [0.25, 0.3) is 0 Å². The molecule has 0 saturated carbocycles. The molecule has 2 saturated heterocycles. The van der Waals surface area contributed by atoms with Gasteiger partial charge in [-0.15, -0.1) is 0 Å². The molecule has 1 aromatic heterocycles. The fourth-order valence-corrected chi connectivity index (χ4v) is 6.18. The number of ether oxygens (including phenoxy) is 2. The maximum Gasteiger partial charge on any atom is 0.223 e. The maximum absolute atomic E-state index is 13.5. The summed E-state index contributed by atoms with van der Waals surface area (Å²) in [6.45, 7) is 11.1. The number of piperidine rings is 1. The molecule has 0 N–H and O–H groups in total. The molecule has 3 aromatic rings. The third-order valence-corrected chi connectivity index (χ3v) is 8.46. The van der Waals surface area contributed by atoms with Crippen molar-refractivity contribution in [1.29, 1.82) is 0 Å². The molecule has 2 aliphatic heterocycles. The number of fused-ring (bicyclic) bond motifs is 1. The van der Waals surface area contributed by atoms with Crippen LogP contribution >= 0.6 is 11.6 Å². The summed E-state index contributed by atoms with van der Waals surface area (Å²) >= 11 is 6.25. The third kappa shape index (κ3) is 6.19. The largest absolute Gasteiger partial charge is 0.493 e. The predicted octanol–water partition coefficient (Wildman–Crippen LogP) is 5.92. The van der Waals surface area contributed by atoms with Crippen LogP contribution in [0.1, 0.15) is 43.7 Å². The Morgan fingerprint density at radius 3 is 2.74 bits per heavy atom. The molecule has 1 amide bonds. The lowest BCUT2D eigenvalue weighted by atomic mass is 9.77. The summed E-state index contributed by atoms with van der Waals surface area (Å²) in [5.74, 6) is 1.02. The summed E-state index contributed by atoms with van der Waals surface area (Å²) in [6.07, 6.45) is 5.96. The number of para-hydroxylation sites is 1. The topological polar surface area (TPSA) is 46.9 Å². The van der Waals surface area contributed by atoms with E-state index in [9.17, 15) is 4.79 Å². The SMILES string of the molecule is CCCn1cc(CN2CCC[C@@](COc3ccc(Cl)c(C)c3)(CC(=O)N3CCOCC3)C2)c2ccccc21. The maximum atomic E-state index is 13.5. The molecule has 0 unspecified atom stereocenters. The summed E-state index contributed by atoms with van der Waals surface area (Å²) in [5, 5.41) is 2.06. The second-order valence-electron chi connectivity index (χ2n) is 11.0. The number of nitrogens with zero attached hydrogens (tertiary/aromatic N) is 3. The van der Waals surface area contributed by atoms with Crippen LogP contribution in [0.15, 0.2) is 48.7 Å². The van der Waals surface area contributed by atoms with E-state index in [-0.39, 0.29) is 11.3 Å². The molecule has 2 aromatic carbocycles. The first-order valence-corrected chi connectivity index (χ1v) is 14.4. The number of aromatic nitrogens is 1. The van der Waals surface area contributed by atoms with Crippen LogP contribution in [0, 0.1) is 12.3 Å². The van der Waals surface area contributed by atoms with Gasteiger partial charge in [0, 0.05) is 66.7 Å². The molecule has 5 rings (SSSR count). The Bertz CT molecular complexity index is 1250. The van der Waals surface area contributed by atoms with E-state index >= 15 is 0 Å². The molecular weight excluding hydrogens is 498 g/mol. The Kier molecular flexibility index (Phi) is 8.61. The number of benzene rings is 2. The van der Waals surface area contributed by atoms with Gasteiger partial charge in [-0.2, -0.15) is 0 Å². The number of carbonyl (C=O) groups is 1. The molecule has 0 radical (unpaired) electrons. The van der Waals surface area contributed by atoms with Gasteiger partial charge in [0.05, 0.1) is 19.8 Å². The summed E-state index contributed by atoms with van der Waals surface area (Å²) in [5.41, 5.74) is 3.41. The average molecular weight is 538 g/mol. The zero-order valence-electron chi connectivity index (χ0n) is 22.8. The highest BCUT2D eigenvalue weighted by Gasteiger charge is 2.40. The minimum absolute atomic E-state index is 0.214. The smallest absolute Gasteiger partial charge is 0.223 e. The first-order valence-electron chi connectivity index (χ1n) is 14.0. The van der Waals surface area contributed by atoms with E-state index in [1.165, 1.54) is 16.5 Å². The molecule has 38 heavy (non-hydrogen) atoms. The highest BCUT2D eigenvalue weighted by Crippen LogP contribution is 2.37. The molecule has 2 fully saturated rings. The van der Waals surface area contributed by atoms with Gasteiger partial charge in [0.2, 0.25) is 5.91 Å². The third-order valence-electron chi connectivity index (χ3n) is 8.03. The van der Waals surface area contributed by atoms with Gasteiger partial charge in [-0.3, -0.25) is 9.69 Å². The molecule has 2 aliphatic rings. The van der Waals surface area contributed by atoms with Gasteiger partial charge in [-0.05, 0) is 68.1 Å². The van der Waals surface area contributed by atoms with Gasteiger partial charge >= 0.3 is 0 Å². The highest BCUT2D eigenvalue weighted by molar-refractivity contribution is 6.31. The van der Waals surface area contributed by atoms with Crippen molar-refractivity contribution < 1.29 is 14.3 Å². The van der Waals surface area contributed by atoms with E-state index in [4.69, 9.17) is 21.1 Å². The first kappa shape index (κ1) is 27.0. The van der Waals surface area contributed by atoms with Gasteiger partial charge in [-0.25, -0.2) is 0 Å². The van der Waals surface area contributed by atoms with Crippen molar-refractivity contribution in [3.8, 4) is 5.75 Å². The molecule has 3 heterocycles. The van der Waals surface area contributed by atoms with Crippen molar-refractivity contribution in [1.82, 2.24) is 14.4 Å². The lowest BCUT2D eigenvalue weighted by molar-refractivity contribution is -0.139. The monoisotopic (exact) mass is 537 g/mol. The van der Waals surface area contributed by atoms with Crippen LogP contribution in [0.3, 0.4) is 0 Å². The second kappa shape index (κ2) is 12.1. The first-order chi connectivity index (χ1) is 18.5. The molecule has 0 spiro atoms. The summed E-state index contributed by atoms with van der Waals surface area (Å²) in [7, 11) is 0. The molecule has 0 aliphatic carbocycles.